The quantitative estimate of drug-likeness (QED) is 0.686. The summed E-state index contributed by atoms with van der Waals surface area (Å²) < 4.78 is 4.67. The van der Waals surface area contributed by atoms with E-state index in [1.54, 1.807) is 0 Å². The average molecular weight is 199 g/mol. The molecule has 1 saturated carbocycles. The van der Waals surface area contributed by atoms with E-state index < -0.39 is 6.04 Å². The molecule has 1 atom stereocenters. The molecule has 0 radical (unpaired) electrons. The molecule has 0 aromatic carbocycles. The number of amides is 1. The van der Waals surface area contributed by atoms with E-state index in [1.165, 1.54) is 14.0 Å². The summed E-state index contributed by atoms with van der Waals surface area (Å²) in [6, 6.07) is -0.444. The fraction of sp³-hybridized carbons (Fsp3) is 0.800. The molecule has 0 heterocycles. The molecule has 0 bridgehead atoms. The van der Waals surface area contributed by atoms with Gasteiger partial charge in [0.1, 0.15) is 6.04 Å². The van der Waals surface area contributed by atoms with Gasteiger partial charge in [0.15, 0.2) is 0 Å². The van der Waals surface area contributed by atoms with Crippen molar-refractivity contribution in [1.82, 2.24) is 5.32 Å². The molecule has 1 amide bonds. The average Bonchev–Trinajstić information content (AvgIpc) is 2.65. The SMILES string of the molecule is COC(=O)[C@@H](NC(C)=O)C1CCCC1. The molecule has 1 fully saturated rings. The molecule has 80 valence electrons. The van der Waals surface area contributed by atoms with Crippen molar-refractivity contribution in [3.63, 3.8) is 0 Å². The van der Waals surface area contributed by atoms with Gasteiger partial charge in [0, 0.05) is 6.92 Å². The van der Waals surface area contributed by atoms with Crippen molar-refractivity contribution < 1.29 is 14.3 Å². The lowest BCUT2D eigenvalue weighted by Crippen LogP contribution is -2.45. The number of methoxy groups -OCH3 is 1. The highest BCUT2D eigenvalue weighted by Gasteiger charge is 2.31. The summed E-state index contributed by atoms with van der Waals surface area (Å²) in [4.78, 5) is 22.3. The second-order valence-electron chi connectivity index (χ2n) is 3.75. The zero-order chi connectivity index (χ0) is 10.6. The van der Waals surface area contributed by atoms with Crippen LogP contribution in [0.25, 0.3) is 0 Å². The van der Waals surface area contributed by atoms with Gasteiger partial charge >= 0.3 is 5.97 Å². The molecule has 4 heteroatoms. The second kappa shape index (κ2) is 4.98. The minimum Gasteiger partial charge on any atom is -0.467 e. The monoisotopic (exact) mass is 199 g/mol. The predicted molar refractivity (Wildman–Crippen MR) is 51.6 cm³/mol. The van der Waals surface area contributed by atoms with Gasteiger partial charge < -0.3 is 10.1 Å². The Labute approximate surface area is 84.0 Å². The van der Waals surface area contributed by atoms with Gasteiger partial charge in [-0.25, -0.2) is 4.79 Å². The van der Waals surface area contributed by atoms with Crippen LogP contribution in [0.4, 0.5) is 0 Å². The third-order valence-corrected chi connectivity index (χ3v) is 2.69. The first-order valence-electron chi connectivity index (χ1n) is 5.00. The van der Waals surface area contributed by atoms with Crippen LogP contribution in [0.15, 0.2) is 0 Å². The molecular weight excluding hydrogens is 182 g/mol. The number of rotatable bonds is 3. The Hall–Kier alpha value is -1.06. The molecule has 1 aliphatic carbocycles. The van der Waals surface area contributed by atoms with Gasteiger partial charge in [-0.1, -0.05) is 12.8 Å². The maximum Gasteiger partial charge on any atom is 0.328 e. The number of carbonyl (C=O) groups excluding carboxylic acids is 2. The third kappa shape index (κ3) is 2.72. The van der Waals surface area contributed by atoms with Crippen LogP contribution >= 0.6 is 0 Å². The Bertz CT molecular complexity index is 221. The Kier molecular flexibility index (Phi) is 3.92. The highest BCUT2D eigenvalue weighted by Crippen LogP contribution is 2.28. The van der Waals surface area contributed by atoms with Crippen LogP contribution in [-0.2, 0) is 14.3 Å². The number of nitrogens with one attached hydrogen (secondary N) is 1. The van der Waals surface area contributed by atoms with E-state index in [-0.39, 0.29) is 17.8 Å². The molecule has 0 saturated heterocycles. The van der Waals surface area contributed by atoms with Crippen molar-refractivity contribution in [2.24, 2.45) is 5.92 Å². The lowest BCUT2D eigenvalue weighted by Gasteiger charge is -2.21. The van der Waals surface area contributed by atoms with Gasteiger partial charge in [0.05, 0.1) is 7.11 Å². The lowest BCUT2D eigenvalue weighted by atomic mass is 9.98. The maximum absolute atomic E-state index is 11.4. The first-order chi connectivity index (χ1) is 6.65. The van der Waals surface area contributed by atoms with E-state index in [9.17, 15) is 9.59 Å². The van der Waals surface area contributed by atoms with E-state index >= 15 is 0 Å². The van der Waals surface area contributed by atoms with Crippen molar-refractivity contribution in [2.75, 3.05) is 7.11 Å². The van der Waals surface area contributed by atoms with E-state index in [4.69, 9.17) is 0 Å². The fourth-order valence-electron chi connectivity index (χ4n) is 2.01. The molecule has 0 aromatic rings. The number of carbonyl (C=O) groups is 2. The van der Waals surface area contributed by atoms with Crippen LogP contribution < -0.4 is 5.32 Å². The van der Waals surface area contributed by atoms with Crippen molar-refractivity contribution in [2.45, 2.75) is 38.6 Å². The van der Waals surface area contributed by atoms with E-state index in [2.05, 4.69) is 10.1 Å². The van der Waals surface area contributed by atoms with Crippen LogP contribution in [0.2, 0.25) is 0 Å². The van der Waals surface area contributed by atoms with Crippen molar-refractivity contribution in [3.8, 4) is 0 Å². The Morgan fingerprint density at radius 3 is 2.36 bits per heavy atom. The minimum absolute atomic E-state index is 0.174. The number of hydrogen-bond acceptors (Lipinski definition) is 3. The van der Waals surface area contributed by atoms with E-state index in [0.29, 0.717) is 0 Å². The molecule has 0 aliphatic heterocycles. The smallest absolute Gasteiger partial charge is 0.328 e. The molecule has 1 rings (SSSR count). The topological polar surface area (TPSA) is 55.4 Å². The van der Waals surface area contributed by atoms with Gasteiger partial charge in [-0.2, -0.15) is 0 Å². The number of esters is 1. The van der Waals surface area contributed by atoms with E-state index in [0.717, 1.165) is 25.7 Å². The number of hydrogen-bond donors (Lipinski definition) is 1. The molecule has 4 nitrogen and oxygen atoms in total. The molecule has 0 unspecified atom stereocenters. The molecule has 0 aromatic heterocycles. The molecule has 1 aliphatic rings. The molecular formula is C10H17NO3. The summed E-state index contributed by atoms with van der Waals surface area (Å²) >= 11 is 0. The Morgan fingerprint density at radius 1 is 1.36 bits per heavy atom. The Morgan fingerprint density at radius 2 is 1.93 bits per heavy atom. The lowest BCUT2D eigenvalue weighted by molar-refractivity contribution is -0.146. The first kappa shape index (κ1) is 11.0. The van der Waals surface area contributed by atoms with Crippen LogP contribution in [0.3, 0.4) is 0 Å². The van der Waals surface area contributed by atoms with Gasteiger partial charge in [0.25, 0.3) is 0 Å². The largest absolute Gasteiger partial charge is 0.467 e. The summed E-state index contributed by atoms with van der Waals surface area (Å²) in [6.07, 6.45) is 4.27. The fourth-order valence-corrected chi connectivity index (χ4v) is 2.01. The second-order valence-corrected chi connectivity index (χ2v) is 3.75. The Balaban J connectivity index is 2.59. The maximum atomic E-state index is 11.4. The zero-order valence-corrected chi connectivity index (χ0v) is 8.71. The van der Waals surface area contributed by atoms with Gasteiger partial charge in [-0.3, -0.25) is 4.79 Å². The third-order valence-electron chi connectivity index (χ3n) is 2.69. The minimum atomic E-state index is -0.444. The first-order valence-corrected chi connectivity index (χ1v) is 5.00. The van der Waals surface area contributed by atoms with Crippen molar-refractivity contribution >= 4 is 11.9 Å². The normalized spacial score (nSPS) is 19.0. The summed E-state index contributed by atoms with van der Waals surface area (Å²) in [7, 11) is 1.35. The van der Waals surface area contributed by atoms with Crippen LogP contribution in [0.1, 0.15) is 32.6 Å². The molecule has 0 spiro atoms. The molecule has 14 heavy (non-hydrogen) atoms. The number of ether oxygens (including phenoxy) is 1. The van der Waals surface area contributed by atoms with Gasteiger partial charge in [-0.15, -0.1) is 0 Å². The standard InChI is InChI=1S/C10H17NO3/c1-7(12)11-9(10(13)14-2)8-5-3-4-6-8/h8-9H,3-6H2,1-2H3,(H,11,12)/t9-/m0/s1. The summed E-state index contributed by atoms with van der Waals surface area (Å²) in [5, 5.41) is 2.66. The summed E-state index contributed by atoms with van der Waals surface area (Å²) in [6.45, 7) is 1.42. The van der Waals surface area contributed by atoms with E-state index in [1.807, 2.05) is 0 Å². The van der Waals surface area contributed by atoms with Crippen molar-refractivity contribution in [1.29, 1.82) is 0 Å². The van der Waals surface area contributed by atoms with Crippen molar-refractivity contribution in [3.05, 3.63) is 0 Å². The highest BCUT2D eigenvalue weighted by molar-refractivity contribution is 5.83. The van der Waals surface area contributed by atoms with Crippen LogP contribution in [-0.4, -0.2) is 25.0 Å². The van der Waals surface area contributed by atoms with Crippen LogP contribution in [0.5, 0.6) is 0 Å². The summed E-state index contributed by atoms with van der Waals surface area (Å²) in [5.41, 5.74) is 0. The van der Waals surface area contributed by atoms with Gasteiger partial charge in [-0.05, 0) is 18.8 Å². The zero-order valence-electron chi connectivity index (χ0n) is 8.71. The molecule has 1 N–H and O–H groups in total. The van der Waals surface area contributed by atoms with Gasteiger partial charge in [0.2, 0.25) is 5.91 Å². The highest BCUT2D eigenvalue weighted by atomic mass is 16.5. The predicted octanol–water partition coefficient (Wildman–Crippen LogP) is 0.854. The summed E-state index contributed by atoms with van der Waals surface area (Å²) in [5.74, 6) is -0.245. The van der Waals surface area contributed by atoms with Crippen LogP contribution in [0, 0.1) is 5.92 Å².